The van der Waals surface area contributed by atoms with E-state index in [1.165, 1.54) is 4.88 Å². The lowest BCUT2D eigenvalue weighted by Gasteiger charge is -2.17. The fourth-order valence-electron chi connectivity index (χ4n) is 1.46. The Morgan fingerprint density at radius 1 is 1.50 bits per heavy atom. The van der Waals surface area contributed by atoms with Crippen LogP contribution in [-0.2, 0) is 11.3 Å². The summed E-state index contributed by atoms with van der Waals surface area (Å²) in [6.45, 7) is 6.58. The molecule has 1 N–H and O–H groups in total. The summed E-state index contributed by atoms with van der Waals surface area (Å²) in [6, 6.07) is -0.156. The van der Waals surface area contributed by atoms with Crippen LogP contribution in [0.5, 0.6) is 0 Å². The maximum Gasteiger partial charge on any atom is 0.238 e. The molecule has 0 aliphatic carbocycles. The van der Waals surface area contributed by atoms with E-state index >= 15 is 0 Å². The van der Waals surface area contributed by atoms with Gasteiger partial charge in [0.2, 0.25) is 5.91 Å². The van der Waals surface area contributed by atoms with Gasteiger partial charge in [0.25, 0.3) is 0 Å². The SMILES string of the molecule is Cc1nc(C)c(CN[C@H](C)C(=O)N(C)C)s1. The quantitative estimate of drug-likeness (QED) is 0.865. The Balaban J connectivity index is 2.52. The van der Waals surface area contributed by atoms with Crippen molar-refractivity contribution in [3.05, 3.63) is 15.6 Å². The van der Waals surface area contributed by atoms with Gasteiger partial charge in [-0.15, -0.1) is 11.3 Å². The molecule has 0 radical (unpaired) electrons. The lowest BCUT2D eigenvalue weighted by molar-refractivity contribution is -0.130. The van der Waals surface area contributed by atoms with E-state index in [4.69, 9.17) is 0 Å². The van der Waals surface area contributed by atoms with Gasteiger partial charge in [-0.1, -0.05) is 0 Å². The number of hydrogen-bond donors (Lipinski definition) is 1. The van der Waals surface area contributed by atoms with E-state index in [-0.39, 0.29) is 11.9 Å². The van der Waals surface area contributed by atoms with Gasteiger partial charge in [0.1, 0.15) is 0 Å². The average molecular weight is 241 g/mol. The maximum atomic E-state index is 11.6. The molecule has 1 heterocycles. The molecule has 16 heavy (non-hydrogen) atoms. The summed E-state index contributed by atoms with van der Waals surface area (Å²) in [7, 11) is 3.53. The Morgan fingerprint density at radius 2 is 2.12 bits per heavy atom. The van der Waals surface area contributed by atoms with Gasteiger partial charge in [0, 0.05) is 25.5 Å². The Kier molecular flexibility index (Phi) is 4.44. The van der Waals surface area contributed by atoms with Crippen LogP contribution in [-0.4, -0.2) is 35.9 Å². The lowest BCUT2D eigenvalue weighted by atomic mass is 10.3. The molecule has 0 fully saturated rings. The second-order valence-electron chi connectivity index (χ2n) is 4.08. The molecular formula is C11H19N3OS. The van der Waals surface area contributed by atoms with Gasteiger partial charge in [-0.2, -0.15) is 0 Å². The van der Waals surface area contributed by atoms with E-state index in [9.17, 15) is 4.79 Å². The van der Waals surface area contributed by atoms with E-state index in [1.54, 1.807) is 30.3 Å². The standard InChI is InChI=1S/C11H19N3OS/c1-7-10(16-9(3)13-7)6-12-8(2)11(15)14(4)5/h8,12H,6H2,1-5H3/t8-/m1/s1. The smallest absolute Gasteiger partial charge is 0.238 e. The number of hydrogen-bond acceptors (Lipinski definition) is 4. The van der Waals surface area contributed by atoms with Gasteiger partial charge in [0.15, 0.2) is 0 Å². The number of rotatable bonds is 4. The van der Waals surface area contributed by atoms with Crippen molar-refractivity contribution in [2.45, 2.75) is 33.4 Å². The molecule has 0 aliphatic rings. The molecule has 0 aliphatic heterocycles. The van der Waals surface area contributed by atoms with Crippen molar-refractivity contribution in [2.75, 3.05) is 14.1 Å². The molecule has 1 aromatic heterocycles. The third-order valence-corrected chi connectivity index (χ3v) is 3.45. The van der Waals surface area contributed by atoms with Crippen LogP contribution in [0.15, 0.2) is 0 Å². The predicted octanol–water partition coefficient (Wildman–Crippen LogP) is 1.33. The van der Waals surface area contributed by atoms with E-state index in [0.717, 1.165) is 10.7 Å². The number of nitrogens with zero attached hydrogens (tertiary/aromatic N) is 2. The number of aryl methyl sites for hydroxylation is 2. The Bertz CT molecular complexity index is 373. The van der Waals surface area contributed by atoms with Gasteiger partial charge < -0.3 is 10.2 Å². The lowest BCUT2D eigenvalue weighted by Crippen LogP contribution is -2.41. The number of nitrogens with one attached hydrogen (secondary N) is 1. The topological polar surface area (TPSA) is 45.2 Å². The van der Waals surface area contributed by atoms with Crippen molar-refractivity contribution >= 4 is 17.2 Å². The van der Waals surface area contributed by atoms with E-state index in [0.29, 0.717) is 6.54 Å². The molecule has 0 spiro atoms. The summed E-state index contributed by atoms with van der Waals surface area (Å²) in [5, 5.41) is 4.28. The first kappa shape index (κ1) is 13.1. The molecular weight excluding hydrogens is 222 g/mol. The van der Waals surface area contributed by atoms with Crippen LogP contribution >= 0.6 is 11.3 Å². The molecule has 0 saturated carbocycles. The first-order valence-electron chi connectivity index (χ1n) is 5.29. The van der Waals surface area contributed by atoms with Gasteiger partial charge in [-0.25, -0.2) is 4.98 Å². The van der Waals surface area contributed by atoms with E-state index in [1.807, 2.05) is 20.8 Å². The largest absolute Gasteiger partial charge is 0.347 e. The number of aromatic nitrogens is 1. The summed E-state index contributed by atoms with van der Waals surface area (Å²) in [5.41, 5.74) is 1.06. The maximum absolute atomic E-state index is 11.6. The first-order chi connectivity index (χ1) is 7.41. The Labute approximate surface area is 101 Å². The summed E-state index contributed by atoms with van der Waals surface area (Å²) in [6.07, 6.45) is 0. The molecule has 5 heteroatoms. The predicted molar refractivity (Wildman–Crippen MR) is 66.6 cm³/mol. The highest BCUT2D eigenvalue weighted by Crippen LogP contribution is 2.16. The van der Waals surface area contributed by atoms with Crippen molar-refractivity contribution in [1.82, 2.24) is 15.2 Å². The second kappa shape index (κ2) is 5.41. The fraction of sp³-hybridized carbons (Fsp3) is 0.636. The van der Waals surface area contributed by atoms with Crippen molar-refractivity contribution in [3.63, 3.8) is 0 Å². The molecule has 1 atom stereocenters. The van der Waals surface area contributed by atoms with Crippen LogP contribution in [0.25, 0.3) is 0 Å². The molecule has 4 nitrogen and oxygen atoms in total. The number of amides is 1. The summed E-state index contributed by atoms with van der Waals surface area (Å²) in [4.78, 5) is 18.8. The highest BCUT2D eigenvalue weighted by atomic mass is 32.1. The Hall–Kier alpha value is -0.940. The van der Waals surface area contributed by atoms with Crippen molar-refractivity contribution in [3.8, 4) is 0 Å². The third-order valence-electron chi connectivity index (χ3n) is 2.38. The van der Waals surface area contributed by atoms with Gasteiger partial charge in [0.05, 0.1) is 16.7 Å². The minimum Gasteiger partial charge on any atom is -0.347 e. The van der Waals surface area contributed by atoms with Crippen LogP contribution in [0.2, 0.25) is 0 Å². The van der Waals surface area contributed by atoms with Gasteiger partial charge in [-0.3, -0.25) is 4.79 Å². The van der Waals surface area contributed by atoms with Gasteiger partial charge >= 0.3 is 0 Å². The number of carbonyl (C=O) groups excluding carboxylic acids is 1. The first-order valence-corrected chi connectivity index (χ1v) is 6.11. The van der Waals surface area contributed by atoms with Crippen molar-refractivity contribution in [2.24, 2.45) is 0 Å². The van der Waals surface area contributed by atoms with Crippen LogP contribution in [0, 0.1) is 13.8 Å². The molecule has 90 valence electrons. The molecule has 1 aromatic rings. The minimum absolute atomic E-state index is 0.0962. The zero-order valence-corrected chi connectivity index (χ0v) is 11.3. The van der Waals surface area contributed by atoms with Crippen LogP contribution < -0.4 is 5.32 Å². The highest BCUT2D eigenvalue weighted by molar-refractivity contribution is 7.11. The molecule has 1 amide bonds. The second-order valence-corrected chi connectivity index (χ2v) is 5.36. The summed E-state index contributed by atoms with van der Waals surface area (Å²) in [5.74, 6) is 0.0962. The zero-order chi connectivity index (χ0) is 12.3. The molecule has 0 saturated heterocycles. The van der Waals surface area contributed by atoms with Crippen LogP contribution in [0.4, 0.5) is 0 Å². The number of thiazole rings is 1. The number of likely N-dealkylation sites (N-methyl/N-ethyl adjacent to an activating group) is 1. The number of carbonyl (C=O) groups is 1. The van der Waals surface area contributed by atoms with Gasteiger partial charge in [-0.05, 0) is 20.8 Å². The van der Waals surface area contributed by atoms with Crippen LogP contribution in [0.1, 0.15) is 22.5 Å². The molecule has 0 bridgehead atoms. The summed E-state index contributed by atoms with van der Waals surface area (Å²) < 4.78 is 0. The average Bonchev–Trinajstić information content (AvgIpc) is 2.52. The van der Waals surface area contributed by atoms with E-state index in [2.05, 4.69) is 10.3 Å². The van der Waals surface area contributed by atoms with Crippen LogP contribution in [0.3, 0.4) is 0 Å². The monoisotopic (exact) mass is 241 g/mol. The molecule has 0 aromatic carbocycles. The third kappa shape index (κ3) is 3.28. The fourth-order valence-corrected chi connectivity index (χ4v) is 2.35. The van der Waals surface area contributed by atoms with Crippen molar-refractivity contribution < 1.29 is 4.79 Å². The Morgan fingerprint density at radius 3 is 2.56 bits per heavy atom. The normalized spacial score (nSPS) is 12.6. The summed E-state index contributed by atoms with van der Waals surface area (Å²) >= 11 is 1.68. The molecule has 0 unspecified atom stereocenters. The minimum atomic E-state index is -0.156. The highest BCUT2D eigenvalue weighted by Gasteiger charge is 2.14. The zero-order valence-electron chi connectivity index (χ0n) is 10.5. The van der Waals surface area contributed by atoms with E-state index < -0.39 is 0 Å². The molecule has 1 rings (SSSR count). The van der Waals surface area contributed by atoms with Crippen molar-refractivity contribution in [1.29, 1.82) is 0 Å².